The van der Waals surface area contributed by atoms with Crippen molar-refractivity contribution in [3.8, 4) is 0 Å². The summed E-state index contributed by atoms with van der Waals surface area (Å²) in [6, 6.07) is 0. The molecule has 0 heterocycles. The van der Waals surface area contributed by atoms with Gasteiger partial charge in [-0.2, -0.15) is 5.10 Å². The summed E-state index contributed by atoms with van der Waals surface area (Å²) in [6.45, 7) is 6.36. The molecule has 0 saturated heterocycles. The van der Waals surface area contributed by atoms with Gasteiger partial charge in [-0.05, 0) is 51.9 Å². The van der Waals surface area contributed by atoms with Crippen molar-refractivity contribution in [1.29, 1.82) is 0 Å². The molecule has 0 fully saturated rings. The van der Waals surface area contributed by atoms with E-state index in [1.165, 1.54) is 5.57 Å². The van der Waals surface area contributed by atoms with Crippen LogP contribution in [0, 0.1) is 5.92 Å². The van der Waals surface area contributed by atoms with Crippen LogP contribution in [0.5, 0.6) is 0 Å². The zero-order chi connectivity index (χ0) is 16.8. The molecule has 0 spiro atoms. The first-order chi connectivity index (χ1) is 10.5. The Labute approximate surface area is 133 Å². The van der Waals surface area contributed by atoms with Gasteiger partial charge in [0.05, 0.1) is 0 Å². The minimum absolute atomic E-state index is 0.155. The fourth-order valence-corrected chi connectivity index (χ4v) is 1.81. The normalized spacial score (nSPS) is 12.0. The highest BCUT2D eigenvalue weighted by Gasteiger charge is 2.03. The number of nitrogens with zero attached hydrogens (tertiary/aromatic N) is 1. The minimum Gasteiger partial charge on any atom is -0.289 e. The summed E-state index contributed by atoms with van der Waals surface area (Å²) in [5.74, 6) is -0.0494. The Morgan fingerprint density at radius 2 is 1.82 bits per heavy atom. The van der Waals surface area contributed by atoms with E-state index in [-0.39, 0.29) is 12.3 Å². The van der Waals surface area contributed by atoms with Gasteiger partial charge in [-0.1, -0.05) is 18.6 Å². The second-order valence-corrected chi connectivity index (χ2v) is 5.79. The molecule has 0 aliphatic rings. The van der Waals surface area contributed by atoms with Crippen LogP contribution in [-0.2, 0) is 9.59 Å². The summed E-state index contributed by atoms with van der Waals surface area (Å²) in [6.07, 6.45) is 8.69. The lowest BCUT2D eigenvalue weighted by molar-refractivity contribution is -0.129. The molecule has 0 aliphatic heterocycles. The smallest absolute Gasteiger partial charge is 0.243 e. The standard InChI is InChI=1S/C16H29N3O3/c1-13(2)7-6-8-14(3)11-12-17-18-15(20)9-4-5-10-16(21)19-22/h7,12,14,22H,4-6,8-11H2,1-3H3,(H,18,20)(H,19,21)/b17-12+/t14-/m0/s1. The van der Waals surface area contributed by atoms with Crippen LogP contribution in [0.15, 0.2) is 16.8 Å². The first kappa shape index (κ1) is 20.3. The van der Waals surface area contributed by atoms with E-state index in [1.807, 2.05) is 0 Å². The first-order valence-electron chi connectivity index (χ1n) is 7.82. The van der Waals surface area contributed by atoms with E-state index in [1.54, 1.807) is 11.7 Å². The zero-order valence-electron chi connectivity index (χ0n) is 13.9. The van der Waals surface area contributed by atoms with Crippen LogP contribution in [0.4, 0.5) is 0 Å². The summed E-state index contributed by atoms with van der Waals surface area (Å²) in [7, 11) is 0. The monoisotopic (exact) mass is 311 g/mol. The van der Waals surface area contributed by atoms with Gasteiger partial charge in [0.15, 0.2) is 0 Å². The summed E-state index contributed by atoms with van der Waals surface area (Å²) in [5, 5.41) is 12.2. The van der Waals surface area contributed by atoms with Gasteiger partial charge in [0.2, 0.25) is 11.8 Å². The summed E-state index contributed by atoms with van der Waals surface area (Å²) in [4.78, 5) is 22.2. The molecule has 6 heteroatoms. The van der Waals surface area contributed by atoms with Gasteiger partial charge in [-0.15, -0.1) is 0 Å². The second-order valence-electron chi connectivity index (χ2n) is 5.79. The van der Waals surface area contributed by atoms with E-state index in [9.17, 15) is 9.59 Å². The average Bonchev–Trinajstić information content (AvgIpc) is 2.47. The van der Waals surface area contributed by atoms with Crippen molar-refractivity contribution >= 4 is 18.0 Å². The van der Waals surface area contributed by atoms with Gasteiger partial charge in [-0.3, -0.25) is 14.8 Å². The van der Waals surface area contributed by atoms with Crippen molar-refractivity contribution in [1.82, 2.24) is 10.9 Å². The molecule has 6 nitrogen and oxygen atoms in total. The topological polar surface area (TPSA) is 90.8 Å². The lowest BCUT2D eigenvalue weighted by Gasteiger charge is -2.06. The fourth-order valence-electron chi connectivity index (χ4n) is 1.81. The number of hydrogen-bond acceptors (Lipinski definition) is 4. The number of carbonyl (C=O) groups excluding carboxylic acids is 2. The fraction of sp³-hybridized carbons (Fsp3) is 0.688. The second kappa shape index (κ2) is 13.0. The van der Waals surface area contributed by atoms with Gasteiger partial charge in [-0.25, -0.2) is 10.9 Å². The molecule has 0 saturated carbocycles. The quantitative estimate of drug-likeness (QED) is 0.180. The number of hydrogen-bond donors (Lipinski definition) is 3. The summed E-state index contributed by atoms with van der Waals surface area (Å²) >= 11 is 0. The third-order valence-electron chi connectivity index (χ3n) is 3.18. The molecule has 0 aliphatic carbocycles. The number of nitrogens with one attached hydrogen (secondary N) is 2. The predicted octanol–water partition coefficient (Wildman–Crippen LogP) is 2.93. The van der Waals surface area contributed by atoms with Crippen molar-refractivity contribution in [3.63, 3.8) is 0 Å². The van der Waals surface area contributed by atoms with Crippen molar-refractivity contribution in [3.05, 3.63) is 11.6 Å². The maximum Gasteiger partial charge on any atom is 0.243 e. The van der Waals surface area contributed by atoms with E-state index in [2.05, 4.69) is 37.4 Å². The Kier molecular flexibility index (Phi) is 12.0. The van der Waals surface area contributed by atoms with Crippen molar-refractivity contribution in [2.75, 3.05) is 0 Å². The van der Waals surface area contributed by atoms with E-state index in [0.717, 1.165) is 19.3 Å². The van der Waals surface area contributed by atoms with Crippen LogP contribution in [0.3, 0.4) is 0 Å². The molecule has 1 atom stereocenters. The third-order valence-corrected chi connectivity index (χ3v) is 3.18. The number of rotatable bonds is 11. The van der Waals surface area contributed by atoms with E-state index >= 15 is 0 Å². The van der Waals surface area contributed by atoms with Gasteiger partial charge in [0.1, 0.15) is 0 Å². The highest BCUT2D eigenvalue weighted by atomic mass is 16.5. The molecule has 0 rings (SSSR count). The Balaban J connectivity index is 3.64. The molecule has 0 aromatic carbocycles. The SMILES string of the molecule is CC(C)=CCC[C@H](C)C/C=N/NC(=O)CCCCC(=O)NO. The highest BCUT2D eigenvalue weighted by Crippen LogP contribution is 2.10. The third kappa shape index (κ3) is 13.3. The molecule has 22 heavy (non-hydrogen) atoms. The minimum atomic E-state index is -0.430. The van der Waals surface area contributed by atoms with Gasteiger partial charge in [0.25, 0.3) is 0 Å². The number of hydroxylamine groups is 1. The lowest BCUT2D eigenvalue weighted by Crippen LogP contribution is -2.19. The number of carbonyl (C=O) groups is 2. The molecular formula is C16H29N3O3. The maximum atomic E-state index is 11.5. The maximum absolute atomic E-state index is 11.5. The van der Waals surface area contributed by atoms with Crippen LogP contribution in [0.25, 0.3) is 0 Å². The number of hydrazone groups is 1. The van der Waals surface area contributed by atoms with Crippen LogP contribution >= 0.6 is 0 Å². The molecule has 0 radical (unpaired) electrons. The molecule has 0 aromatic rings. The van der Waals surface area contributed by atoms with Crippen molar-refractivity contribution in [2.24, 2.45) is 11.0 Å². The van der Waals surface area contributed by atoms with Crippen LogP contribution in [-0.4, -0.2) is 23.2 Å². The Morgan fingerprint density at radius 1 is 1.18 bits per heavy atom. The van der Waals surface area contributed by atoms with Crippen molar-refractivity contribution < 1.29 is 14.8 Å². The van der Waals surface area contributed by atoms with E-state index in [4.69, 9.17) is 5.21 Å². The lowest BCUT2D eigenvalue weighted by atomic mass is 10.0. The highest BCUT2D eigenvalue weighted by molar-refractivity contribution is 5.77. The van der Waals surface area contributed by atoms with Crippen LogP contribution < -0.4 is 10.9 Å². The number of amides is 2. The van der Waals surface area contributed by atoms with Crippen LogP contribution in [0.1, 0.15) is 65.7 Å². The molecule has 0 bridgehead atoms. The summed E-state index contributed by atoms with van der Waals surface area (Å²) in [5.41, 5.74) is 5.38. The Hall–Kier alpha value is -1.69. The largest absolute Gasteiger partial charge is 0.289 e. The molecule has 2 amide bonds. The van der Waals surface area contributed by atoms with Gasteiger partial charge in [0, 0.05) is 19.1 Å². The van der Waals surface area contributed by atoms with E-state index < -0.39 is 5.91 Å². The molecular weight excluding hydrogens is 282 g/mol. The average molecular weight is 311 g/mol. The first-order valence-corrected chi connectivity index (χ1v) is 7.82. The van der Waals surface area contributed by atoms with Crippen LogP contribution in [0.2, 0.25) is 0 Å². The van der Waals surface area contributed by atoms with Gasteiger partial charge >= 0.3 is 0 Å². The molecule has 0 aromatic heterocycles. The molecule has 0 unspecified atom stereocenters. The zero-order valence-corrected chi connectivity index (χ0v) is 13.9. The van der Waals surface area contributed by atoms with Gasteiger partial charge < -0.3 is 0 Å². The Morgan fingerprint density at radius 3 is 2.41 bits per heavy atom. The number of allylic oxidation sites excluding steroid dienone is 2. The number of unbranched alkanes of at least 4 members (excludes halogenated alkanes) is 1. The summed E-state index contributed by atoms with van der Waals surface area (Å²) < 4.78 is 0. The Bertz CT molecular complexity index is 388. The predicted molar refractivity (Wildman–Crippen MR) is 87.5 cm³/mol. The molecule has 3 N–H and O–H groups in total. The van der Waals surface area contributed by atoms with Crippen molar-refractivity contribution in [2.45, 2.75) is 65.7 Å². The van der Waals surface area contributed by atoms with E-state index in [0.29, 0.717) is 25.2 Å². The molecule has 126 valence electrons.